The monoisotopic (exact) mass is 447 g/mol. The van der Waals surface area contributed by atoms with Gasteiger partial charge in [0.05, 0.1) is 24.6 Å². The number of nitrogens with zero attached hydrogens (tertiary/aromatic N) is 5. The van der Waals surface area contributed by atoms with Crippen LogP contribution in [0.25, 0.3) is 0 Å². The minimum atomic E-state index is -0.175. The second kappa shape index (κ2) is 7.69. The lowest BCUT2D eigenvalue weighted by atomic mass is 10.2. The molecule has 6 rings (SSSR count). The van der Waals surface area contributed by atoms with Gasteiger partial charge in [0.2, 0.25) is 0 Å². The predicted octanol–water partition coefficient (Wildman–Crippen LogP) is 1.76. The molecule has 2 aliphatic carbocycles. The lowest BCUT2D eigenvalue weighted by Crippen LogP contribution is -2.27. The Labute approximate surface area is 192 Å². The number of hydrogen-bond donors (Lipinski definition) is 3. The zero-order valence-electron chi connectivity index (χ0n) is 19.0. The number of aromatic amines is 1. The minimum absolute atomic E-state index is 0.0640. The lowest BCUT2D eigenvalue weighted by Gasteiger charge is -2.21. The summed E-state index contributed by atoms with van der Waals surface area (Å²) in [6, 6.07) is 4.13. The first kappa shape index (κ1) is 20.4. The van der Waals surface area contributed by atoms with Crippen molar-refractivity contribution in [2.24, 2.45) is 17.8 Å². The summed E-state index contributed by atoms with van der Waals surface area (Å²) in [5.41, 5.74) is 5.75. The molecule has 33 heavy (non-hydrogen) atoms. The predicted molar refractivity (Wildman–Crippen MR) is 122 cm³/mol. The van der Waals surface area contributed by atoms with Gasteiger partial charge in [-0.3, -0.25) is 9.89 Å². The third-order valence-electron chi connectivity index (χ3n) is 7.73. The van der Waals surface area contributed by atoms with E-state index in [0.29, 0.717) is 36.6 Å². The highest BCUT2D eigenvalue weighted by molar-refractivity contribution is 5.92. The topological polar surface area (TPSA) is 112 Å². The van der Waals surface area contributed by atoms with Gasteiger partial charge in [-0.15, -0.1) is 0 Å². The van der Waals surface area contributed by atoms with Crippen LogP contribution < -0.4 is 10.2 Å². The molecule has 0 spiro atoms. The molecule has 3 N–H and O–H groups in total. The molecule has 1 saturated carbocycles. The summed E-state index contributed by atoms with van der Waals surface area (Å²) in [6.45, 7) is 6.94. The zero-order chi connectivity index (χ0) is 22.7. The van der Waals surface area contributed by atoms with Crippen molar-refractivity contribution in [2.45, 2.75) is 39.3 Å². The molecule has 9 heteroatoms. The highest BCUT2D eigenvalue weighted by Crippen LogP contribution is 2.51. The Morgan fingerprint density at radius 2 is 2.09 bits per heavy atom. The number of aryl methyl sites for hydroxylation is 2. The number of pyridine rings is 1. The molecule has 4 atom stereocenters. The van der Waals surface area contributed by atoms with E-state index in [1.165, 1.54) is 5.56 Å². The van der Waals surface area contributed by atoms with Crippen molar-refractivity contribution in [3.05, 3.63) is 58.6 Å². The van der Waals surface area contributed by atoms with Crippen LogP contribution in [-0.4, -0.2) is 55.4 Å². The quantitative estimate of drug-likeness (QED) is 0.531. The molecule has 0 unspecified atom stereocenters. The lowest BCUT2D eigenvalue weighted by molar-refractivity contribution is 0.0931. The molecule has 3 aliphatic rings. The van der Waals surface area contributed by atoms with Crippen LogP contribution in [0.5, 0.6) is 0 Å². The minimum Gasteiger partial charge on any atom is -0.396 e. The Kier molecular flexibility index (Phi) is 4.76. The fraction of sp³-hybridized carbons (Fsp3) is 0.500. The van der Waals surface area contributed by atoms with E-state index in [1.54, 1.807) is 12.5 Å². The summed E-state index contributed by atoms with van der Waals surface area (Å²) >= 11 is 0. The Balaban J connectivity index is 1.09. The molecule has 0 aromatic carbocycles. The maximum Gasteiger partial charge on any atom is 0.272 e. The summed E-state index contributed by atoms with van der Waals surface area (Å²) in [7, 11) is 0. The number of anilines is 1. The first-order valence-corrected chi connectivity index (χ1v) is 11.7. The molecule has 1 saturated heterocycles. The van der Waals surface area contributed by atoms with Crippen LogP contribution in [0, 0.1) is 31.6 Å². The Morgan fingerprint density at radius 1 is 1.27 bits per heavy atom. The SMILES string of the molecule is Cc1nc(N2C[C@@H]3[C@H](CO)[C@@H]3C2)ccc1Cn1cnc(C(=O)N[C@@H]2CCc3c2n[nH]c3C)c1. The molecule has 0 bridgehead atoms. The summed E-state index contributed by atoms with van der Waals surface area (Å²) in [4.78, 5) is 24.2. The van der Waals surface area contributed by atoms with Crippen LogP contribution in [0.2, 0.25) is 0 Å². The number of piperidine rings is 1. The van der Waals surface area contributed by atoms with Gasteiger partial charge in [0, 0.05) is 37.3 Å². The number of nitrogens with one attached hydrogen (secondary N) is 2. The van der Waals surface area contributed by atoms with E-state index in [2.05, 4.69) is 37.5 Å². The molecule has 3 aromatic rings. The van der Waals surface area contributed by atoms with Crippen molar-refractivity contribution in [2.75, 3.05) is 24.6 Å². The maximum atomic E-state index is 12.8. The number of fused-ring (bicyclic) bond motifs is 2. The molecule has 3 aromatic heterocycles. The van der Waals surface area contributed by atoms with Gasteiger partial charge in [-0.05, 0) is 61.6 Å². The molecule has 0 radical (unpaired) electrons. The van der Waals surface area contributed by atoms with E-state index in [1.807, 2.05) is 18.4 Å². The van der Waals surface area contributed by atoms with Crippen LogP contribution >= 0.6 is 0 Å². The van der Waals surface area contributed by atoms with E-state index in [9.17, 15) is 9.90 Å². The number of imidazole rings is 1. The smallest absolute Gasteiger partial charge is 0.272 e. The van der Waals surface area contributed by atoms with Gasteiger partial charge in [-0.25, -0.2) is 9.97 Å². The standard InChI is InChI=1S/C24H29N7O2/c1-13-15(3-6-22(26-13)31-8-17-18(9-31)19(17)11-32)7-30-10-21(25-12-30)24(33)27-20-5-4-16-14(2)28-29-23(16)20/h3,6,10,12,17-20,32H,4-5,7-9,11H2,1-2H3,(H,27,33)(H,28,29)/t17-,18+,19-,20-/m1/s1. The number of aromatic nitrogens is 5. The summed E-state index contributed by atoms with van der Waals surface area (Å²) in [5, 5.41) is 19.8. The Hall–Kier alpha value is -3.20. The van der Waals surface area contributed by atoms with Crippen molar-refractivity contribution in [1.29, 1.82) is 0 Å². The van der Waals surface area contributed by atoms with Crippen molar-refractivity contribution in [3.8, 4) is 0 Å². The summed E-state index contributed by atoms with van der Waals surface area (Å²) < 4.78 is 1.92. The van der Waals surface area contributed by atoms with E-state index in [0.717, 1.165) is 54.4 Å². The maximum absolute atomic E-state index is 12.8. The zero-order valence-corrected chi connectivity index (χ0v) is 19.0. The number of aliphatic hydroxyl groups excluding tert-OH is 1. The van der Waals surface area contributed by atoms with Crippen molar-refractivity contribution >= 4 is 11.7 Å². The number of carbonyl (C=O) groups excluding carboxylic acids is 1. The van der Waals surface area contributed by atoms with Crippen LogP contribution in [0.15, 0.2) is 24.7 Å². The van der Waals surface area contributed by atoms with Gasteiger partial charge < -0.3 is 19.9 Å². The number of hydrogen-bond acceptors (Lipinski definition) is 6. The van der Waals surface area contributed by atoms with Gasteiger partial charge in [-0.1, -0.05) is 6.07 Å². The first-order valence-electron chi connectivity index (χ1n) is 11.7. The average Bonchev–Trinajstić information content (AvgIpc) is 3.36. The normalized spacial score (nSPS) is 25.2. The number of H-pyrrole nitrogens is 1. The van der Waals surface area contributed by atoms with Crippen LogP contribution in [0.1, 0.15) is 51.2 Å². The molecule has 4 heterocycles. The molecule has 9 nitrogen and oxygen atoms in total. The third-order valence-corrected chi connectivity index (χ3v) is 7.73. The van der Waals surface area contributed by atoms with Crippen molar-refractivity contribution in [1.82, 2.24) is 30.0 Å². The molecule has 2 fully saturated rings. The largest absolute Gasteiger partial charge is 0.396 e. The molecule has 1 aliphatic heterocycles. The number of carbonyl (C=O) groups is 1. The van der Waals surface area contributed by atoms with Crippen molar-refractivity contribution in [3.63, 3.8) is 0 Å². The second-order valence-corrected chi connectivity index (χ2v) is 9.70. The fourth-order valence-corrected chi connectivity index (χ4v) is 5.66. The Morgan fingerprint density at radius 3 is 2.85 bits per heavy atom. The summed E-state index contributed by atoms with van der Waals surface area (Å²) in [5.74, 6) is 2.58. The van der Waals surface area contributed by atoms with E-state index in [-0.39, 0.29) is 11.9 Å². The van der Waals surface area contributed by atoms with E-state index < -0.39 is 0 Å². The first-order chi connectivity index (χ1) is 16.0. The number of amides is 1. The summed E-state index contributed by atoms with van der Waals surface area (Å²) in [6.07, 6.45) is 5.29. The third kappa shape index (κ3) is 3.51. The molecular formula is C24H29N7O2. The Bertz CT molecular complexity index is 1200. The molecule has 1 amide bonds. The number of rotatable bonds is 6. The van der Waals surface area contributed by atoms with Crippen LogP contribution in [0.3, 0.4) is 0 Å². The van der Waals surface area contributed by atoms with Gasteiger partial charge >= 0.3 is 0 Å². The highest BCUT2D eigenvalue weighted by Gasteiger charge is 2.55. The van der Waals surface area contributed by atoms with Crippen LogP contribution in [0.4, 0.5) is 5.82 Å². The van der Waals surface area contributed by atoms with Crippen molar-refractivity contribution < 1.29 is 9.90 Å². The van der Waals surface area contributed by atoms with Gasteiger partial charge in [0.15, 0.2) is 0 Å². The fourth-order valence-electron chi connectivity index (χ4n) is 5.66. The molecular weight excluding hydrogens is 418 g/mol. The van der Waals surface area contributed by atoms with Crippen LogP contribution in [-0.2, 0) is 13.0 Å². The highest BCUT2D eigenvalue weighted by atomic mass is 16.3. The van der Waals surface area contributed by atoms with E-state index in [4.69, 9.17) is 4.98 Å². The van der Waals surface area contributed by atoms with Gasteiger partial charge in [-0.2, -0.15) is 5.10 Å². The van der Waals surface area contributed by atoms with Gasteiger partial charge in [0.1, 0.15) is 11.5 Å². The number of aliphatic hydroxyl groups is 1. The van der Waals surface area contributed by atoms with E-state index >= 15 is 0 Å². The van der Waals surface area contributed by atoms with Gasteiger partial charge in [0.25, 0.3) is 5.91 Å². The average molecular weight is 448 g/mol. The second-order valence-electron chi connectivity index (χ2n) is 9.70. The molecule has 172 valence electrons.